The minimum atomic E-state index is -4.52. The van der Waals surface area contributed by atoms with E-state index >= 15 is 0 Å². The quantitative estimate of drug-likeness (QED) is 0.138. The Hall–Kier alpha value is -2.57. The highest BCUT2D eigenvalue weighted by Gasteiger charge is 2.34. The number of anilines is 1. The van der Waals surface area contributed by atoms with Gasteiger partial charge in [-0.2, -0.15) is 23.4 Å². The Morgan fingerprint density at radius 1 is 1.41 bits per heavy atom. The van der Waals surface area contributed by atoms with Crippen molar-refractivity contribution >= 4 is 45.6 Å². The van der Waals surface area contributed by atoms with Crippen LogP contribution in [0.3, 0.4) is 0 Å². The second kappa shape index (κ2) is 9.92. The van der Waals surface area contributed by atoms with Crippen LogP contribution in [-0.4, -0.2) is 19.8 Å². The van der Waals surface area contributed by atoms with E-state index in [-0.39, 0.29) is 11.6 Å². The average molecular weight is 505 g/mol. The van der Waals surface area contributed by atoms with Crippen molar-refractivity contribution in [3.05, 3.63) is 74.6 Å². The molecule has 1 aromatic carbocycles. The van der Waals surface area contributed by atoms with Gasteiger partial charge in [-0.3, -0.25) is 4.68 Å². The van der Waals surface area contributed by atoms with Gasteiger partial charge in [0.1, 0.15) is 15.9 Å². The minimum absolute atomic E-state index is 0.130. The molecular weight excluding hydrogens is 488 g/mol. The van der Waals surface area contributed by atoms with Gasteiger partial charge in [0.2, 0.25) is 0 Å². The lowest BCUT2D eigenvalue weighted by Gasteiger charge is -2.13. The van der Waals surface area contributed by atoms with Gasteiger partial charge in [0.05, 0.1) is 17.5 Å². The fourth-order valence-corrected chi connectivity index (χ4v) is 4.54. The third kappa shape index (κ3) is 5.81. The topological polar surface area (TPSA) is 81.1 Å². The Balaban J connectivity index is 1.63. The summed E-state index contributed by atoms with van der Waals surface area (Å²) in [4.78, 5) is 3.64. The third-order valence-electron chi connectivity index (χ3n) is 4.20. The highest BCUT2D eigenvalue weighted by atomic mass is 35.5. The highest BCUT2D eigenvalue weighted by molar-refractivity contribution is 8.17. The van der Waals surface area contributed by atoms with Crippen LogP contribution in [0.25, 0.3) is 0 Å². The van der Waals surface area contributed by atoms with Crippen LogP contribution in [-0.2, 0) is 12.7 Å². The molecule has 6 nitrogen and oxygen atoms in total. The molecule has 2 aromatic heterocycles. The van der Waals surface area contributed by atoms with Gasteiger partial charge in [0.25, 0.3) is 0 Å². The summed E-state index contributed by atoms with van der Waals surface area (Å²) in [5.41, 5.74) is -0.645. The van der Waals surface area contributed by atoms with Crippen molar-refractivity contribution in [2.24, 2.45) is 10.9 Å². The van der Waals surface area contributed by atoms with Gasteiger partial charge in [-0.15, -0.1) is 11.3 Å². The minimum Gasteiger partial charge on any atom is -0.334 e. The smallest absolute Gasteiger partial charge is 0.334 e. The van der Waals surface area contributed by atoms with E-state index in [0.717, 1.165) is 28.5 Å². The molecule has 0 aliphatic carbocycles. The van der Waals surface area contributed by atoms with Crippen molar-refractivity contribution in [1.29, 1.82) is 0 Å². The van der Waals surface area contributed by atoms with Crippen molar-refractivity contribution in [3.63, 3.8) is 0 Å². The van der Waals surface area contributed by atoms with E-state index in [4.69, 9.17) is 17.4 Å². The first-order chi connectivity index (χ1) is 15.1. The summed E-state index contributed by atoms with van der Waals surface area (Å²) in [7, 11) is 0. The molecule has 0 fully saturated rings. The Morgan fingerprint density at radius 2 is 2.16 bits per heavy atom. The standard InChI is InChI=1S/C19H17ClF4N6S2/c1-10(17-27-15(9-31-17)19(22,23)24)18(28-25)32-11(2)26-16-6-7-30(29-16)8-12-13(20)4-3-5-14(12)21/h3-7,9-10H,2,8,25H2,1H3,(H,26,29)/b28-18-. The summed E-state index contributed by atoms with van der Waals surface area (Å²) in [5, 5.41) is 13.1. The Bertz CT molecular complexity index is 1120. The number of nitrogens with zero attached hydrogens (tertiary/aromatic N) is 4. The van der Waals surface area contributed by atoms with Crippen LogP contribution in [0.2, 0.25) is 5.02 Å². The zero-order valence-corrected chi connectivity index (χ0v) is 18.9. The molecule has 1 unspecified atom stereocenters. The number of thioether (sulfide) groups is 1. The van der Waals surface area contributed by atoms with Gasteiger partial charge < -0.3 is 11.2 Å². The van der Waals surface area contributed by atoms with Gasteiger partial charge in [0.15, 0.2) is 11.5 Å². The molecule has 0 radical (unpaired) electrons. The molecule has 3 aromatic rings. The van der Waals surface area contributed by atoms with Crippen molar-refractivity contribution in [3.8, 4) is 0 Å². The summed E-state index contributed by atoms with van der Waals surface area (Å²) in [6, 6.07) is 6.08. The lowest BCUT2D eigenvalue weighted by atomic mass is 10.2. The summed E-state index contributed by atoms with van der Waals surface area (Å²) < 4.78 is 53.9. The molecule has 0 spiro atoms. The third-order valence-corrected chi connectivity index (χ3v) is 6.60. The molecule has 3 N–H and O–H groups in total. The van der Waals surface area contributed by atoms with Crippen LogP contribution in [0.1, 0.15) is 29.1 Å². The molecule has 1 atom stereocenters. The predicted octanol–water partition coefficient (Wildman–Crippen LogP) is 5.89. The van der Waals surface area contributed by atoms with E-state index in [1.54, 1.807) is 25.3 Å². The van der Waals surface area contributed by atoms with Crippen LogP contribution < -0.4 is 11.2 Å². The van der Waals surface area contributed by atoms with Gasteiger partial charge in [0, 0.05) is 28.2 Å². The summed E-state index contributed by atoms with van der Waals surface area (Å²) in [6.45, 7) is 5.65. The molecular formula is C19H17ClF4N6S2. The Labute approximate surface area is 194 Å². The normalized spacial score (nSPS) is 13.2. The maximum atomic E-state index is 14.0. The Morgan fingerprint density at radius 3 is 2.78 bits per heavy atom. The van der Waals surface area contributed by atoms with E-state index in [2.05, 4.69) is 27.1 Å². The number of thiazole rings is 1. The lowest BCUT2D eigenvalue weighted by molar-refractivity contribution is -0.140. The van der Waals surface area contributed by atoms with E-state index in [1.165, 1.54) is 16.8 Å². The zero-order chi connectivity index (χ0) is 23.5. The molecule has 0 amide bonds. The largest absolute Gasteiger partial charge is 0.434 e. The number of aromatic nitrogens is 3. The van der Waals surface area contributed by atoms with Crippen LogP contribution in [0.4, 0.5) is 23.4 Å². The number of hydrogen-bond donors (Lipinski definition) is 2. The fraction of sp³-hybridized carbons (Fsp3) is 0.211. The number of hydrogen-bond acceptors (Lipinski definition) is 7. The molecule has 32 heavy (non-hydrogen) atoms. The van der Waals surface area contributed by atoms with E-state index in [1.807, 2.05) is 0 Å². The van der Waals surface area contributed by atoms with Crippen molar-refractivity contribution in [1.82, 2.24) is 14.8 Å². The molecule has 2 heterocycles. The molecule has 170 valence electrons. The molecule has 0 aliphatic heterocycles. The zero-order valence-electron chi connectivity index (χ0n) is 16.5. The van der Waals surface area contributed by atoms with Gasteiger partial charge in [-0.1, -0.05) is 36.0 Å². The van der Waals surface area contributed by atoms with E-state index < -0.39 is 23.6 Å². The van der Waals surface area contributed by atoms with Crippen LogP contribution in [0.5, 0.6) is 0 Å². The molecule has 0 aliphatic rings. The SMILES string of the molecule is C=C(Nc1ccn(Cc2c(F)cccc2Cl)n1)S/C(=N\N)C(C)c1nc(C(F)(F)F)cs1. The van der Waals surface area contributed by atoms with E-state index in [9.17, 15) is 17.6 Å². The van der Waals surface area contributed by atoms with Crippen LogP contribution in [0.15, 0.2) is 52.6 Å². The Kier molecular flexibility index (Phi) is 7.47. The van der Waals surface area contributed by atoms with Gasteiger partial charge >= 0.3 is 6.18 Å². The summed E-state index contributed by atoms with van der Waals surface area (Å²) in [6.07, 6.45) is -2.88. The first-order valence-electron chi connectivity index (χ1n) is 8.99. The van der Waals surface area contributed by atoms with Crippen molar-refractivity contribution in [2.45, 2.75) is 25.6 Å². The molecule has 0 saturated heterocycles. The number of nitrogens with two attached hydrogens (primary N) is 1. The average Bonchev–Trinajstić information content (AvgIpc) is 3.38. The number of alkyl halides is 3. The van der Waals surface area contributed by atoms with Crippen molar-refractivity contribution in [2.75, 3.05) is 5.32 Å². The molecule has 0 bridgehead atoms. The van der Waals surface area contributed by atoms with Crippen molar-refractivity contribution < 1.29 is 17.6 Å². The number of hydrazone groups is 1. The van der Waals surface area contributed by atoms with Crippen LogP contribution >= 0.6 is 34.7 Å². The van der Waals surface area contributed by atoms with Crippen LogP contribution in [0, 0.1) is 5.82 Å². The molecule has 3 rings (SSSR count). The first-order valence-corrected chi connectivity index (χ1v) is 11.1. The predicted molar refractivity (Wildman–Crippen MR) is 120 cm³/mol. The molecule has 0 saturated carbocycles. The van der Waals surface area contributed by atoms with Gasteiger partial charge in [-0.25, -0.2) is 9.37 Å². The van der Waals surface area contributed by atoms with E-state index in [0.29, 0.717) is 26.5 Å². The molecule has 13 heteroatoms. The lowest BCUT2D eigenvalue weighted by Crippen LogP contribution is -2.12. The number of benzene rings is 1. The number of halogens is 5. The van der Waals surface area contributed by atoms with Gasteiger partial charge in [-0.05, 0) is 19.1 Å². The maximum Gasteiger partial charge on any atom is 0.434 e. The number of nitrogens with one attached hydrogen (secondary N) is 1. The summed E-state index contributed by atoms with van der Waals surface area (Å²) >= 11 is 7.97. The second-order valence-corrected chi connectivity index (χ2v) is 8.92. The fourth-order valence-electron chi connectivity index (χ4n) is 2.61. The number of rotatable bonds is 7. The highest BCUT2D eigenvalue weighted by Crippen LogP contribution is 2.34. The maximum absolute atomic E-state index is 14.0. The summed E-state index contributed by atoms with van der Waals surface area (Å²) in [5.74, 6) is 4.87. The second-order valence-electron chi connectivity index (χ2n) is 6.51. The first kappa shape index (κ1) is 24.1. The monoisotopic (exact) mass is 504 g/mol.